The van der Waals surface area contributed by atoms with Crippen molar-refractivity contribution < 1.29 is 59.4 Å². The van der Waals surface area contributed by atoms with Gasteiger partial charge < -0.3 is 59.4 Å². The Bertz CT molecular complexity index is 1160. The van der Waals surface area contributed by atoms with E-state index in [2.05, 4.69) is 5.18 Å². The maximum Gasteiger partial charge on any atom is 0.229 e. The van der Waals surface area contributed by atoms with Gasteiger partial charge in [0.15, 0.2) is 6.29 Å². The Morgan fingerprint density at radius 3 is 2.05 bits per heavy atom. The average Bonchev–Trinajstić information content (AvgIpc) is 2.95. The monoisotopic (exact) mass is 579 g/mol. The number of methoxy groups -OCH3 is 1. The number of nitrogens with zero attached hydrogens (tertiary/aromatic N) is 1. The summed E-state index contributed by atoms with van der Waals surface area (Å²) in [6, 6.07) is 9.40. The average molecular weight is 580 g/mol. The normalized spacial score (nSPS) is 34.0. The van der Waals surface area contributed by atoms with Gasteiger partial charge in [-0.1, -0.05) is 29.5 Å². The van der Waals surface area contributed by atoms with Crippen LogP contribution in [-0.2, 0) is 18.9 Å². The molecule has 2 heterocycles. The van der Waals surface area contributed by atoms with Crippen LogP contribution in [0.15, 0.2) is 47.6 Å². The second-order valence-electron chi connectivity index (χ2n) is 9.69. The lowest BCUT2D eigenvalue weighted by atomic mass is 9.96. The van der Waals surface area contributed by atoms with Crippen molar-refractivity contribution in [3.63, 3.8) is 0 Å². The molecule has 2 aliphatic rings. The summed E-state index contributed by atoms with van der Waals surface area (Å²) in [5, 5.41) is 73.7. The fraction of sp³-hybridized carbons (Fsp3) is 0.481. The lowest BCUT2D eigenvalue weighted by Gasteiger charge is -2.45. The predicted octanol–water partition coefficient (Wildman–Crippen LogP) is -0.301. The molecule has 0 spiro atoms. The van der Waals surface area contributed by atoms with Gasteiger partial charge in [-0.2, -0.15) is 4.91 Å². The molecule has 10 unspecified atom stereocenters. The fourth-order valence-corrected chi connectivity index (χ4v) is 4.63. The Hall–Kier alpha value is -3.18. The molecule has 7 N–H and O–H groups in total. The standard InChI is InChI=1S/C27H33NO13/c1-37-12-19-25(41-27-23(34)21(32)20(28-36)18(11-29)39-27)22(33)24(35)26(40-19)38-17-6-4-13(5-7-17)2-3-14-8-15(30)10-16(31)9-14/h2-10,18-27,29-35H,11-12H2,1H3/b3-2+. The summed E-state index contributed by atoms with van der Waals surface area (Å²) >= 11 is 0. The topological polar surface area (TPSA) is 217 Å². The first kappa shape index (κ1) is 30.8. The number of phenols is 2. The Labute approximate surface area is 234 Å². The number of hydrogen-bond donors (Lipinski definition) is 7. The Morgan fingerprint density at radius 1 is 0.829 bits per heavy atom. The van der Waals surface area contributed by atoms with E-state index >= 15 is 0 Å². The summed E-state index contributed by atoms with van der Waals surface area (Å²) in [6.07, 6.45) is -9.87. The van der Waals surface area contributed by atoms with Crippen LogP contribution in [0.3, 0.4) is 0 Å². The van der Waals surface area contributed by atoms with E-state index in [-0.39, 0.29) is 18.1 Å². The zero-order valence-corrected chi connectivity index (χ0v) is 21.9. The molecule has 2 aromatic carbocycles. The van der Waals surface area contributed by atoms with E-state index in [9.17, 15) is 40.7 Å². The fourth-order valence-electron chi connectivity index (χ4n) is 4.63. The number of hydrogen-bond acceptors (Lipinski definition) is 14. The van der Waals surface area contributed by atoms with Crippen molar-refractivity contribution >= 4 is 12.2 Å². The van der Waals surface area contributed by atoms with Gasteiger partial charge in [0.05, 0.1) is 13.2 Å². The van der Waals surface area contributed by atoms with Crippen molar-refractivity contribution in [1.82, 2.24) is 0 Å². The Kier molecular flexibility index (Phi) is 10.2. The maximum absolute atomic E-state index is 11.0. The van der Waals surface area contributed by atoms with Crippen molar-refractivity contribution in [3.05, 3.63) is 58.5 Å². The third-order valence-electron chi connectivity index (χ3n) is 6.76. The predicted molar refractivity (Wildman–Crippen MR) is 141 cm³/mol. The second kappa shape index (κ2) is 13.7. The van der Waals surface area contributed by atoms with Crippen molar-refractivity contribution in [1.29, 1.82) is 0 Å². The lowest BCUT2D eigenvalue weighted by Crippen LogP contribution is -2.65. The molecule has 0 saturated carbocycles. The minimum Gasteiger partial charge on any atom is -0.508 e. The van der Waals surface area contributed by atoms with Gasteiger partial charge in [0.2, 0.25) is 6.29 Å². The number of benzene rings is 2. The molecule has 0 aromatic heterocycles. The number of nitroso groups, excluding NO2 is 1. The first-order valence-electron chi connectivity index (χ1n) is 12.7. The van der Waals surface area contributed by atoms with Gasteiger partial charge in [0, 0.05) is 13.2 Å². The highest BCUT2D eigenvalue weighted by molar-refractivity contribution is 5.71. The van der Waals surface area contributed by atoms with Gasteiger partial charge in [0.1, 0.15) is 66.0 Å². The molecule has 41 heavy (non-hydrogen) atoms. The molecule has 10 atom stereocenters. The number of aliphatic hydroxyl groups excluding tert-OH is 5. The van der Waals surface area contributed by atoms with Crippen molar-refractivity contribution in [2.24, 2.45) is 5.18 Å². The van der Waals surface area contributed by atoms with Crippen molar-refractivity contribution in [3.8, 4) is 17.2 Å². The van der Waals surface area contributed by atoms with E-state index in [0.29, 0.717) is 11.3 Å². The summed E-state index contributed by atoms with van der Waals surface area (Å²) in [5.41, 5.74) is 1.35. The number of phenolic OH excluding ortho intramolecular Hbond substituents is 2. The van der Waals surface area contributed by atoms with Crippen LogP contribution in [0.1, 0.15) is 11.1 Å². The third-order valence-corrected chi connectivity index (χ3v) is 6.76. The summed E-state index contributed by atoms with van der Waals surface area (Å²) in [4.78, 5) is 11.0. The molecular weight excluding hydrogens is 546 g/mol. The molecule has 2 fully saturated rings. The molecule has 14 nitrogen and oxygen atoms in total. The second-order valence-corrected chi connectivity index (χ2v) is 9.69. The zero-order chi connectivity index (χ0) is 29.7. The van der Waals surface area contributed by atoms with Crippen LogP contribution in [0.5, 0.6) is 17.2 Å². The van der Waals surface area contributed by atoms with E-state index in [1.807, 2.05) is 0 Å². The van der Waals surface area contributed by atoms with Gasteiger partial charge in [-0.15, -0.1) is 0 Å². The van der Waals surface area contributed by atoms with Gasteiger partial charge in [0.25, 0.3) is 0 Å². The van der Waals surface area contributed by atoms with Gasteiger partial charge in [-0.05, 0) is 35.4 Å². The van der Waals surface area contributed by atoms with E-state index in [1.54, 1.807) is 36.4 Å². The minimum atomic E-state index is -1.76. The maximum atomic E-state index is 11.0. The Balaban J connectivity index is 1.42. The number of aromatic hydroxyl groups is 2. The molecule has 2 saturated heterocycles. The van der Waals surface area contributed by atoms with Crippen molar-refractivity contribution in [2.45, 2.75) is 61.3 Å². The minimum absolute atomic E-state index is 0.0701. The van der Waals surface area contributed by atoms with Crippen LogP contribution in [0, 0.1) is 4.91 Å². The van der Waals surface area contributed by atoms with Gasteiger partial charge in [-0.3, -0.25) is 0 Å². The SMILES string of the molecule is COCC1OC(Oc2ccc(/C=C/c3cc(O)cc(O)c3)cc2)C(O)C(O)C1OC1OC(CO)C(N=O)C(O)C1O. The van der Waals surface area contributed by atoms with Crippen LogP contribution in [-0.4, -0.2) is 117 Å². The van der Waals surface area contributed by atoms with E-state index < -0.39 is 68.0 Å². The molecule has 0 aliphatic carbocycles. The molecule has 0 bridgehead atoms. The quantitative estimate of drug-likeness (QED) is 0.142. The highest BCUT2D eigenvalue weighted by Gasteiger charge is 2.51. The first-order chi connectivity index (χ1) is 19.6. The molecule has 0 radical (unpaired) electrons. The first-order valence-corrected chi connectivity index (χ1v) is 12.7. The summed E-state index contributed by atoms with van der Waals surface area (Å²) < 4.78 is 27.8. The summed E-state index contributed by atoms with van der Waals surface area (Å²) in [5.74, 6) is 0.162. The number of aliphatic hydroxyl groups is 5. The van der Waals surface area contributed by atoms with Crippen LogP contribution in [0.2, 0.25) is 0 Å². The highest BCUT2D eigenvalue weighted by atomic mass is 16.7. The molecular formula is C27H33NO13. The molecule has 14 heteroatoms. The molecule has 224 valence electrons. The number of ether oxygens (including phenoxy) is 5. The van der Waals surface area contributed by atoms with Crippen LogP contribution < -0.4 is 4.74 Å². The highest BCUT2D eigenvalue weighted by Crippen LogP contribution is 2.31. The molecule has 2 aliphatic heterocycles. The molecule has 2 aromatic rings. The summed E-state index contributed by atoms with van der Waals surface area (Å²) in [7, 11) is 1.37. The molecule has 4 rings (SSSR count). The Morgan fingerprint density at radius 2 is 1.44 bits per heavy atom. The van der Waals surface area contributed by atoms with E-state index in [4.69, 9.17) is 23.7 Å². The van der Waals surface area contributed by atoms with Crippen LogP contribution in [0.25, 0.3) is 12.2 Å². The zero-order valence-electron chi connectivity index (χ0n) is 21.9. The smallest absolute Gasteiger partial charge is 0.229 e. The van der Waals surface area contributed by atoms with E-state index in [1.165, 1.54) is 25.3 Å². The third kappa shape index (κ3) is 7.19. The summed E-state index contributed by atoms with van der Waals surface area (Å²) in [6.45, 7) is -0.826. The van der Waals surface area contributed by atoms with E-state index in [0.717, 1.165) is 5.56 Å². The van der Waals surface area contributed by atoms with Crippen LogP contribution >= 0.6 is 0 Å². The number of rotatable bonds is 10. The largest absolute Gasteiger partial charge is 0.508 e. The van der Waals surface area contributed by atoms with Gasteiger partial charge >= 0.3 is 0 Å². The van der Waals surface area contributed by atoms with Gasteiger partial charge in [-0.25, -0.2) is 0 Å². The van der Waals surface area contributed by atoms with Crippen LogP contribution in [0.4, 0.5) is 0 Å². The lowest BCUT2D eigenvalue weighted by molar-refractivity contribution is -0.343. The van der Waals surface area contributed by atoms with Crippen molar-refractivity contribution in [2.75, 3.05) is 20.3 Å². The molecule has 0 amide bonds.